The molecular formula is C14H23NO2. The Morgan fingerprint density at radius 2 is 2.29 bits per heavy atom. The molecule has 1 aliphatic heterocycles. The zero-order chi connectivity index (χ0) is 12.1. The minimum atomic E-state index is -0.217. The molecule has 3 nitrogen and oxygen atoms in total. The zero-order valence-corrected chi connectivity index (χ0v) is 10.7. The number of alkyl carbamates (subject to hydrolysis) is 1. The molecule has 1 aliphatic carbocycles. The number of carbonyl (C=O) groups is 1. The van der Waals surface area contributed by atoms with Gasteiger partial charge in [-0.25, -0.2) is 4.79 Å². The molecular weight excluding hydrogens is 214 g/mol. The van der Waals surface area contributed by atoms with Crippen molar-refractivity contribution < 1.29 is 9.53 Å². The van der Waals surface area contributed by atoms with E-state index in [2.05, 4.69) is 24.4 Å². The van der Waals surface area contributed by atoms with Crippen molar-refractivity contribution in [1.82, 2.24) is 5.32 Å². The van der Waals surface area contributed by atoms with Crippen LogP contribution in [0.15, 0.2) is 12.2 Å². The molecule has 0 aromatic rings. The van der Waals surface area contributed by atoms with Crippen LogP contribution in [0.5, 0.6) is 0 Å². The molecule has 0 bridgehead atoms. The van der Waals surface area contributed by atoms with Gasteiger partial charge in [0, 0.05) is 5.92 Å². The van der Waals surface area contributed by atoms with Gasteiger partial charge in [0.15, 0.2) is 0 Å². The molecule has 1 unspecified atom stereocenters. The van der Waals surface area contributed by atoms with Crippen LogP contribution in [0.1, 0.15) is 51.9 Å². The van der Waals surface area contributed by atoms with E-state index in [0.717, 1.165) is 25.7 Å². The van der Waals surface area contributed by atoms with Crippen LogP contribution in [0.4, 0.5) is 4.79 Å². The van der Waals surface area contributed by atoms with Crippen LogP contribution in [0.2, 0.25) is 0 Å². The first-order valence-corrected chi connectivity index (χ1v) is 6.93. The van der Waals surface area contributed by atoms with Crippen molar-refractivity contribution in [2.24, 2.45) is 5.92 Å². The number of hydrogen-bond acceptors (Lipinski definition) is 2. The van der Waals surface area contributed by atoms with Gasteiger partial charge < -0.3 is 10.1 Å². The lowest BCUT2D eigenvalue weighted by atomic mass is 9.85. The van der Waals surface area contributed by atoms with Crippen LogP contribution in [0.3, 0.4) is 0 Å². The van der Waals surface area contributed by atoms with Gasteiger partial charge in [-0.15, -0.1) is 0 Å². The summed E-state index contributed by atoms with van der Waals surface area (Å²) in [5.41, 5.74) is 0. The number of hydrogen-bond donors (Lipinski definition) is 1. The smallest absolute Gasteiger partial charge is 0.407 e. The second-order valence-electron chi connectivity index (χ2n) is 5.16. The lowest BCUT2D eigenvalue weighted by Crippen LogP contribution is -2.36. The van der Waals surface area contributed by atoms with Gasteiger partial charge >= 0.3 is 6.09 Å². The van der Waals surface area contributed by atoms with Gasteiger partial charge in [0.25, 0.3) is 0 Å². The number of unbranched alkanes of at least 4 members (excludes halogenated alkanes) is 2. The van der Waals surface area contributed by atoms with E-state index < -0.39 is 0 Å². The summed E-state index contributed by atoms with van der Waals surface area (Å²) in [6.45, 7) is 2.20. The first-order chi connectivity index (χ1) is 8.31. The van der Waals surface area contributed by atoms with E-state index >= 15 is 0 Å². The fourth-order valence-corrected chi connectivity index (χ4v) is 2.86. The van der Waals surface area contributed by atoms with Crippen LogP contribution < -0.4 is 5.32 Å². The fraction of sp³-hybridized carbons (Fsp3) is 0.786. The van der Waals surface area contributed by atoms with Crippen molar-refractivity contribution in [2.45, 2.75) is 64.0 Å². The van der Waals surface area contributed by atoms with Crippen LogP contribution >= 0.6 is 0 Å². The topological polar surface area (TPSA) is 38.3 Å². The normalized spacial score (nSPS) is 32.3. The van der Waals surface area contributed by atoms with E-state index in [1.54, 1.807) is 0 Å². The monoisotopic (exact) mass is 237 g/mol. The fourth-order valence-electron chi connectivity index (χ4n) is 2.86. The maximum Gasteiger partial charge on any atom is 0.407 e. The average Bonchev–Trinajstić information content (AvgIpc) is 2.72. The number of allylic oxidation sites excluding steroid dienone is 2. The highest BCUT2D eigenvalue weighted by molar-refractivity contribution is 5.70. The van der Waals surface area contributed by atoms with Crippen molar-refractivity contribution >= 4 is 6.09 Å². The van der Waals surface area contributed by atoms with Gasteiger partial charge in [0.1, 0.15) is 6.10 Å². The predicted molar refractivity (Wildman–Crippen MR) is 67.8 cm³/mol. The molecule has 96 valence electrons. The molecule has 0 aromatic heterocycles. The molecule has 0 radical (unpaired) electrons. The molecule has 0 spiro atoms. The maximum atomic E-state index is 11.4. The number of rotatable bonds is 5. The summed E-state index contributed by atoms with van der Waals surface area (Å²) in [6, 6.07) is 0.241. The molecule has 2 rings (SSSR count). The summed E-state index contributed by atoms with van der Waals surface area (Å²) < 4.78 is 5.46. The summed E-state index contributed by atoms with van der Waals surface area (Å²) >= 11 is 0. The van der Waals surface area contributed by atoms with Crippen molar-refractivity contribution in [3.63, 3.8) is 0 Å². The third-order valence-corrected chi connectivity index (χ3v) is 3.84. The van der Waals surface area contributed by atoms with Crippen molar-refractivity contribution in [3.8, 4) is 0 Å². The van der Waals surface area contributed by atoms with Gasteiger partial charge in [-0.1, -0.05) is 38.3 Å². The SMILES string of the molecule is CCCCC[C@@H]1NC(=O)O[C@H]1C1CC=CCC1. The summed E-state index contributed by atoms with van der Waals surface area (Å²) in [5.74, 6) is 0.519. The van der Waals surface area contributed by atoms with Crippen LogP contribution in [-0.4, -0.2) is 18.2 Å². The molecule has 1 amide bonds. The average molecular weight is 237 g/mol. The van der Waals surface area contributed by atoms with Gasteiger partial charge in [-0.2, -0.15) is 0 Å². The summed E-state index contributed by atoms with van der Waals surface area (Å²) in [4.78, 5) is 11.4. The van der Waals surface area contributed by atoms with Gasteiger partial charge in [-0.3, -0.25) is 0 Å². The van der Waals surface area contributed by atoms with Gasteiger partial charge in [0.05, 0.1) is 6.04 Å². The Hall–Kier alpha value is -0.990. The molecule has 0 saturated carbocycles. The quantitative estimate of drug-likeness (QED) is 0.588. The third-order valence-electron chi connectivity index (χ3n) is 3.84. The summed E-state index contributed by atoms with van der Waals surface area (Å²) in [5, 5.41) is 2.97. The maximum absolute atomic E-state index is 11.4. The standard InChI is InChI=1S/C14H23NO2/c1-2-3-5-10-12-13(17-14(16)15-12)11-8-6-4-7-9-11/h4,6,11-13H,2-3,5,7-10H2,1H3,(H,15,16)/t11?,12-,13-/m0/s1. The Balaban J connectivity index is 1.88. The molecule has 3 heteroatoms. The third kappa shape index (κ3) is 3.24. The number of carbonyl (C=O) groups excluding carboxylic acids is 1. The highest BCUT2D eigenvalue weighted by Crippen LogP contribution is 2.30. The second-order valence-corrected chi connectivity index (χ2v) is 5.16. The molecule has 2 aliphatic rings. The van der Waals surface area contributed by atoms with E-state index in [1.165, 1.54) is 19.3 Å². The summed E-state index contributed by atoms with van der Waals surface area (Å²) in [7, 11) is 0. The van der Waals surface area contributed by atoms with Crippen molar-refractivity contribution in [2.75, 3.05) is 0 Å². The van der Waals surface area contributed by atoms with E-state index in [1.807, 2.05) is 0 Å². The first-order valence-electron chi connectivity index (χ1n) is 6.93. The highest BCUT2D eigenvalue weighted by Gasteiger charge is 2.38. The molecule has 17 heavy (non-hydrogen) atoms. The van der Waals surface area contributed by atoms with Gasteiger partial charge in [-0.05, 0) is 25.7 Å². The highest BCUT2D eigenvalue weighted by atomic mass is 16.6. The first kappa shape index (κ1) is 12.5. The molecule has 0 aromatic carbocycles. The van der Waals surface area contributed by atoms with Crippen LogP contribution in [0.25, 0.3) is 0 Å². The predicted octanol–water partition coefficient (Wildman–Crippen LogP) is 3.40. The molecule has 1 N–H and O–H groups in total. The van der Waals surface area contributed by atoms with E-state index in [0.29, 0.717) is 5.92 Å². The lowest BCUT2D eigenvalue weighted by molar-refractivity contribution is 0.0843. The zero-order valence-electron chi connectivity index (χ0n) is 10.7. The Labute approximate surface area is 104 Å². The van der Waals surface area contributed by atoms with Crippen LogP contribution in [0, 0.1) is 5.92 Å². The van der Waals surface area contributed by atoms with E-state index in [-0.39, 0.29) is 18.2 Å². The lowest BCUT2D eigenvalue weighted by Gasteiger charge is -2.26. The summed E-state index contributed by atoms with van der Waals surface area (Å²) in [6.07, 6.45) is 12.4. The van der Waals surface area contributed by atoms with Crippen molar-refractivity contribution in [3.05, 3.63) is 12.2 Å². The van der Waals surface area contributed by atoms with Gasteiger partial charge in [0.2, 0.25) is 0 Å². The Morgan fingerprint density at radius 3 is 3.00 bits per heavy atom. The Kier molecular flexibility index (Phi) is 4.46. The van der Waals surface area contributed by atoms with Crippen LogP contribution in [-0.2, 0) is 4.74 Å². The number of cyclic esters (lactones) is 1. The molecule has 1 fully saturated rings. The molecule has 1 saturated heterocycles. The molecule has 3 atom stereocenters. The second kappa shape index (κ2) is 6.08. The minimum absolute atomic E-state index is 0.101. The Morgan fingerprint density at radius 1 is 1.41 bits per heavy atom. The Bertz CT molecular complexity index is 288. The minimum Gasteiger partial charge on any atom is -0.444 e. The van der Waals surface area contributed by atoms with Crippen molar-refractivity contribution in [1.29, 1.82) is 0 Å². The molecule has 1 heterocycles. The largest absolute Gasteiger partial charge is 0.444 e. The number of nitrogens with one attached hydrogen (secondary N) is 1. The number of ether oxygens (including phenoxy) is 1. The number of amides is 1. The van der Waals surface area contributed by atoms with E-state index in [9.17, 15) is 4.79 Å². The van der Waals surface area contributed by atoms with E-state index in [4.69, 9.17) is 4.74 Å².